The fourth-order valence-corrected chi connectivity index (χ4v) is 1.04. The highest BCUT2D eigenvalue weighted by Gasteiger charge is 2.07. The SMILES string of the molecule is CC.COC(CCN)CC(C)C. The maximum Gasteiger partial charge on any atom is 0.0585 e. The Hall–Kier alpha value is -0.0800. The molecule has 2 heteroatoms. The second kappa shape index (κ2) is 10.9. The van der Waals surface area contributed by atoms with Gasteiger partial charge in [-0.25, -0.2) is 0 Å². The molecule has 2 N–H and O–H groups in total. The summed E-state index contributed by atoms with van der Waals surface area (Å²) >= 11 is 0. The summed E-state index contributed by atoms with van der Waals surface area (Å²) in [5, 5.41) is 0. The summed E-state index contributed by atoms with van der Waals surface area (Å²) in [5.41, 5.74) is 5.40. The number of ether oxygens (including phenoxy) is 1. The molecule has 12 heavy (non-hydrogen) atoms. The van der Waals surface area contributed by atoms with Gasteiger partial charge in [0.1, 0.15) is 0 Å². The monoisotopic (exact) mass is 175 g/mol. The van der Waals surface area contributed by atoms with Crippen LogP contribution in [0.3, 0.4) is 0 Å². The molecule has 0 saturated carbocycles. The first-order chi connectivity index (χ1) is 5.70. The number of nitrogens with two attached hydrogens (primary N) is 1. The Kier molecular flexibility index (Phi) is 13.1. The van der Waals surface area contributed by atoms with Crippen LogP contribution in [-0.4, -0.2) is 19.8 Å². The normalized spacial score (nSPS) is 12.2. The number of methoxy groups -OCH3 is 1. The molecule has 0 heterocycles. The summed E-state index contributed by atoms with van der Waals surface area (Å²) in [4.78, 5) is 0. The first-order valence-corrected chi connectivity index (χ1v) is 4.93. The van der Waals surface area contributed by atoms with Crippen molar-refractivity contribution in [3.63, 3.8) is 0 Å². The molecule has 1 unspecified atom stereocenters. The Morgan fingerprint density at radius 2 is 1.75 bits per heavy atom. The van der Waals surface area contributed by atoms with E-state index in [1.54, 1.807) is 7.11 Å². The maximum atomic E-state index is 5.40. The average molecular weight is 175 g/mol. The largest absolute Gasteiger partial charge is 0.381 e. The van der Waals surface area contributed by atoms with Crippen LogP contribution in [0, 0.1) is 5.92 Å². The van der Waals surface area contributed by atoms with E-state index in [2.05, 4.69) is 13.8 Å². The molecule has 0 aromatic rings. The van der Waals surface area contributed by atoms with Gasteiger partial charge in [-0.15, -0.1) is 0 Å². The van der Waals surface area contributed by atoms with Crippen molar-refractivity contribution >= 4 is 0 Å². The molecule has 76 valence electrons. The van der Waals surface area contributed by atoms with Crippen LogP contribution >= 0.6 is 0 Å². The van der Waals surface area contributed by atoms with E-state index in [9.17, 15) is 0 Å². The fraction of sp³-hybridized carbons (Fsp3) is 1.00. The van der Waals surface area contributed by atoms with E-state index < -0.39 is 0 Å². The molecule has 0 radical (unpaired) electrons. The minimum atomic E-state index is 0.366. The second-order valence-electron chi connectivity index (χ2n) is 3.06. The van der Waals surface area contributed by atoms with E-state index in [-0.39, 0.29) is 0 Å². The molecule has 0 bridgehead atoms. The topological polar surface area (TPSA) is 35.2 Å². The van der Waals surface area contributed by atoms with E-state index in [1.807, 2.05) is 13.8 Å². The molecule has 0 spiro atoms. The highest BCUT2D eigenvalue weighted by atomic mass is 16.5. The van der Waals surface area contributed by atoms with E-state index in [1.165, 1.54) is 0 Å². The molecule has 1 atom stereocenters. The van der Waals surface area contributed by atoms with Gasteiger partial charge in [-0.3, -0.25) is 0 Å². The predicted molar refractivity (Wildman–Crippen MR) is 55.3 cm³/mol. The van der Waals surface area contributed by atoms with Crippen molar-refractivity contribution in [1.29, 1.82) is 0 Å². The zero-order chi connectivity index (χ0) is 9.98. The van der Waals surface area contributed by atoms with E-state index in [0.717, 1.165) is 19.4 Å². The van der Waals surface area contributed by atoms with Crippen molar-refractivity contribution in [2.45, 2.75) is 46.6 Å². The van der Waals surface area contributed by atoms with Gasteiger partial charge >= 0.3 is 0 Å². The molecule has 0 rings (SSSR count). The Bertz CT molecular complexity index is 74.2. The lowest BCUT2D eigenvalue weighted by atomic mass is 10.0. The van der Waals surface area contributed by atoms with Gasteiger partial charge < -0.3 is 10.5 Å². The highest BCUT2D eigenvalue weighted by molar-refractivity contribution is 4.60. The van der Waals surface area contributed by atoms with Crippen LogP contribution in [-0.2, 0) is 4.74 Å². The average Bonchev–Trinajstić information content (AvgIpc) is 2.07. The molecule has 0 saturated heterocycles. The lowest BCUT2D eigenvalue weighted by Gasteiger charge is -2.15. The summed E-state index contributed by atoms with van der Waals surface area (Å²) in [6, 6.07) is 0. The molecular formula is C10H25NO. The van der Waals surface area contributed by atoms with Gasteiger partial charge in [0.25, 0.3) is 0 Å². The van der Waals surface area contributed by atoms with Crippen LogP contribution < -0.4 is 5.73 Å². The molecule has 0 aromatic carbocycles. The number of rotatable bonds is 5. The standard InChI is InChI=1S/C8H19NO.C2H6/c1-7(2)6-8(10-3)4-5-9;1-2/h7-8H,4-6,9H2,1-3H3;1-2H3. The minimum Gasteiger partial charge on any atom is -0.381 e. The van der Waals surface area contributed by atoms with Crippen molar-refractivity contribution in [2.75, 3.05) is 13.7 Å². The van der Waals surface area contributed by atoms with Crippen LogP contribution in [0.4, 0.5) is 0 Å². The summed E-state index contributed by atoms with van der Waals surface area (Å²) in [5.74, 6) is 0.705. The molecule has 0 aliphatic rings. The first kappa shape index (κ1) is 14.4. The van der Waals surface area contributed by atoms with Crippen molar-refractivity contribution in [1.82, 2.24) is 0 Å². The van der Waals surface area contributed by atoms with Gasteiger partial charge in [0.2, 0.25) is 0 Å². The molecule has 0 aromatic heterocycles. The van der Waals surface area contributed by atoms with Gasteiger partial charge in [0.05, 0.1) is 6.10 Å². The Morgan fingerprint density at radius 1 is 1.25 bits per heavy atom. The third-order valence-electron chi connectivity index (χ3n) is 1.56. The molecule has 0 aliphatic heterocycles. The van der Waals surface area contributed by atoms with Gasteiger partial charge in [0.15, 0.2) is 0 Å². The Balaban J connectivity index is 0. The van der Waals surface area contributed by atoms with Crippen LogP contribution in [0.2, 0.25) is 0 Å². The van der Waals surface area contributed by atoms with E-state index >= 15 is 0 Å². The highest BCUT2D eigenvalue weighted by Crippen LogP contribution is 2.09. The maximum absolute atomic E-state index is 5.40. The molecule has 0 fully saturated rings. The summed E-state index contributed by atoms with van der Waals surface area (Å²) < 4.78 is 5.22. The van der Waals surface area contributed by atoms with Crippen LogP contribution in [0.15, 0.2) is 0 Å². The second-order valence-corrected chi connectivity index (χ2v) is 3.06. The van der Waals surface area contributed by atoms with Gasteiger partial charge in [-0.1, -0.05) is 27.7 Å². The fourth-order valence-electron chi connectivity index (χ4n) is 1.04. The predicted octanol–water partition coefficient (Wildman–Crippen LogP) is 2.42. The van der Waals surface area contributed by atoms with Crippen molar-refractivity contribution in [2.24, 2.45) is 11.7 Å². The third kappa shape index (κ3) is 9.92. The van der Waals surface area contributed by atoms with Crippen LogP contribution in [0.5, 0.6) is 0 Å². The van der Waals surface area contributed by atoms with Gasteiger partial charge in [-0.2, -0.15) is 0 Å². The minimum absolute atomic E-state index is 0.366. The zero-order valence-electron chi connectivity index (χ0n) is 9.26. The van der Waals surface area contributed by atoms with Crippen LogP contribution in [0.1, 0.15) is 40.5 Å². The van der Waals surface area contributed by atoms with E-state index in [4.69, 9.17) is 10.5 Å². The molecular weight excluding hydrogens is 150 g/mol. The van der Waals surface area contributed by atoms with Crippen LogP contribution in [0.25, 0.3) is 0 Å². The Morgan fingerprint density at radius 3 is 2.00 bits per heavy atom. The quantitative estimate of drug-likeness (QED) is 0.696. The lowest BCUT2D eigenvalue weighted by Crippen LogP contribution is -2.18. The first-order valence-electron chi connectivity index (χ1n) is 4.93. The summed E-state index contributed by atoms with van der Waals surface area (Å²) in [6.45, 7) is 9.12. The van der Waals surface area contributed by atoms with Crippen molar-refractivity contribution in [3.8, 4) is 0 Å². The Labute approximate surface area is 77.5 Å². The van der Waals surface area contributed by atoms with Crippen molar-refractivity contribution < 1.29 is 4.74 Å². The summed E-state index contributed by atoms with van der Waals surface area (Å²) in [7, 11) is 1.75. The van der Waals surface area contributed by atoms with E-state index in [0.29, 0.717) is 12.0 Å². The smallest absolute Gasteiger partial charge is 0.0585 e. The molecule has 0 amide bonds. The summed E-state index contributed by atoms with van der Waals surface area (Å²) in [6.07, 6.45) is 2.47. The zero-order valence-corrected chi connectivity index (χ0v) is 9.26. The number of hydrogen-bond donors (Lipinski definition) is 1. The molecule has 2 nitrogen and oxygen atoms in total. The lowest BCUT2D eigenvalue weighted by molar-refractivity contribution is 0.0794. The molecule has 0 aliphatic carbocycles. The number of hydrogen-bond acceptors (Lipinski definition) is 2. The third-order valence-corrected chi connectivity index (χ3v) is 1.56. The van der Waals surface area contributed by atoms with Crippen molar-refractivity contribution in [3.05, 3.63) is 0 Å². The van der Waals surface area contributed by atoms with Gasteiger partial charge in [-0.05, 0) is 25.3 Å². The van der Waals surface area contributed by atoms with Gasteiger partial charge in [0, 0.05) is 7.11 Å².